The summed E-state index contributed by atoms with van der Waals surface area (Å²) >= 11 is 0. The highest BCUT2D eigenvalue weighted by Gasteiger charge is 2.15. The van der Waals surface area contributed by atoms with Crippen LogP contribution >= 0.6 is 0 Å². The van der Waals surface area contributed by atoms with Gasteiger partial charge in [-0.25, -0.2) is 8.42 Å². The summed E-state index contributed by atoms with van der Waals surface area (Å²) in [5.74, 6) is 0.0162. The Hall–Kier alpha value is -1.40. The maximum absolute atomic E-state index is 11.8. The van der Waals surface area contributed by atoms with Gasteiger partial charge >= 0.3 is 0 Å². The standard InChI is InChI=1S/C13H20N2O3S/c1-9(2)7-12(14)13(16)15-10-5-4-6-11(8-10)19(3,17)18/h4-6,8-9,12H,7,14H2,1-3H3,(H,15,16). The molecule has 0 aliphatic carbocycles. The van der Waals surface area contributed by atoms with Crippen LogP contribution in [0.2, 0.25) is 0 Å². The van der Waals surface area contributed by atoms with Gasteiger partial charge < -0.3 is 11.1 Å². The van der Waals surface area contributed by atoms with Crippen LogP contribution in [0.25, 0.3) is 0 Å². The second kappa shape index (κ2) is 6.16. The van der Waals surface area contributed by atoms with E-state index in [0.717, 1.165) is 6.26 Å². The summed E-state index contributed by atoms with van der Waals surface area (Å²) in [6.07, 6.45) is 1.70. The number of anilines is 1. The second-order valence-corrected chi connectivity index (χ2v) is 7.04. The molecule has 0 radical (unpaired) electrons. The minimum Gasteiger partial charge on any atom is -0.325 e. The van der Waals surface area contributed by atoms with Crippen LogP contribution in [-0.4, -0.2) is 26.6 Å². The van der Waals surface area contributed by atoms with Crippen LogP contribution in [0.1, 0.15) is 20.3 Å². The lowest BCUT2D eigenvalue weighted by molar-refractivity contribution is -0.117. The molecule has 1 aromatic rings. The van der Waals surface area contributed by atoms with Gasteiger partial charge in [0, 0.05) is 11.9 Å². The molecule has 1 atom stereocenters. The first-order valence-corrected chi connectivity index (χ1v) is 7.96. The zero-order valence-corrected chi connectivity index (χ0v) is 12.2. The van der Waals surface area contributed by atoms with Crippen LogP contribution in [0.3, 0.4) is 0 Å². The van der Waals surface area contributed by atoms with Gasteiger partial charge in [0.15, 0.2) is 9.84 Å². The summed E-state index contributed by atoms with van der Waals surface area (Å²) in [7, 11) is -3.28. The van der Waals surface area contributed by atoms with Crippen molar-refractivity contribution < 1.29 is 13.2 Å². The molecule has 1 amide bonds. The van der Waals surface area contributed by atoms with Crippen molar-refractivity contribution in [1.29, 1.82) is 0 Å². The van der Waals surface area contributed by atoms with E-state index in [-0.39, 0.29) is 10.8 Å². The monoisotopic (exact) mass is 284 g/mol. The third-order valence-electron chi connectivity index (χ3n) is 2.59. The quantitative estimate of drug-likeness (QED) is 0.855. The van der Waals surface area contributed by atoms with E-state index >= 15 is 0 Å². The molecule has 5 nitrogen and oxygen atoms in total. The van der Waals surface area contributed by atoms with Gasteiger partial charge in [-0.1, -0.05) is 19.9 Å². The van der Waals surface area contributed by atoms with E-state index in [4.69, 9.17) is 5.73 Å². The molecule has 0 bridgehead atoms. The Morgan fingerprint density at radius 2 is 2.00 bits per heavy atom. The van der Waals surface area contributed by atoms with Crippen molar-refractivity contribution in [2.24, 2.45) is 11.7 Å². The zero-order valence-electron chi connectivity index (χ0n) is 11.4. The molecule has 1 aromatic carbocycles. The minimum atomic E-state index is -3.28. The fourth-order valence-corrected chi connectivity index (χ4v) is 2.32. The highest BCUT2D eigenvalue weighted by Crippen LogP contribution is 2.16. The van der Waals surface area contributed by atoms with Crippen molar-refractivity contribution in [3.8, 4) is 0 Å². The van der Waals surface area contributed by atoms with E-state index in [0.29, 0.717) is 18.0 Å². The van der Waals surface area contributed by atoms with E-state index < -0.39 is 15.9 Å². The highest BCUT2D eigenvalue weighted by atomic mass is 32.2. The van der Waals surface area contributed by atoms with Crippen molar-refractivity contribution in [1.82, 2.24) is 0 Å². The molecule has 0 aliphatic rings. The largest absolute Gasteiger partial charge is 0.325 e. The molecule has 0 heterocycles. The van der Waals surface area contributed by atoms with Crippen molar-refractivity contribution in [3.05, 3.63) is 24.3 Å². The summed E-state index contributed by atoms with van der Waals surface area (Å²) in [6, 6.07) is 5.53. The van der Waals surface area contributed by atoms with Crippen LogP contribution < -0.4 is 11.1 Å². The number of benzene rings is 1. The molecule has 1 unspecified atom stereocenters. The van der Waals surface area contributed by atoms with Gasteiger partial charge in [-0.3, -0.25) is 4.79 Å². The molecule has 0 saturated heterocycles. The molecule has 1 rings (SSSR count). The summed E-state index contributed by atoms with van der Waals surface area (Å²) in [5, 5.41) is 2.63. The Kier molecular flexibility index (Phi) is 5.08. The van der Waals surface area contributed by atoms with Crippen LogP contribution in [0, 0.1) is 5.92 Å². The maximum Gasteiger partial charge on any atom is 0.241 e. The fraction of sp³-hybridized carbons (Fsp3) is 0.462. The Balaban J connectivity index is 2.81. The number of sulfone groups is 1. The third kappa shape index (κ3) is 5.00. The van der Waals surface area contributed by atoms with Crippen LogP contribution in [0.5, 0.6) is 0 Å². The van der Waals surface area contributed by atoms with Crippen LogP contribution in [0.15, 0.2) is 29.2 Å². The highest BCUT2D eigenvalue weighted by molar-refractivity contribution is 7.90. The van der Waals surface area contributed by atoms with Gasteiger partial charge in [-0.2, -0.15) is 0 Å². The van der Waals surface area contributed by atoms with E-state index in [2.05, 4.69) is 5.32 Å². The van der Waals surface area contributed by atoms with E-state index in [1.165, 1.54) is 12.1 Å². The number of nitrogens with two attached hydrogens (primary N) is 1. The van der Waals surface area contributed by atoms with Gasteiger partial charge in [-0.05, 0) is 30.5 Å². The van der Waals surface area contributed by atoms with E-state index in [1.807, 2.05) is 13.8 Å². The first-order chi connectivity index (χ1) is 8.70. The predicted molar refractivity (Wildman–Crippen MR) is 75.6 cm³/mol. The minimum absolute atomic E-state index is 0.169. The smallest absolute Gasteiger partial charge is 0.241 e. The van der Waals surface area contributed by atoms with Crippen LogP contribution in [-0.2, 0) is 14.6 Å². The number of hydrogen-bond acceptors (Lipinski definition) is 4. The Morgan fingerprint density at radius 3 is 2.53 bits per heavy atom. The molecule has 6 heteroatoms. The number of rotatable bonds is 5. The molecule has 0 aliphatic heterocycles. The fourth-order valence-electron chi connectivity index (χ4n) is 1.65. The normalized spacial score (nSPS) is 13.3. The Labute approximate surface area is 114 Å². The molecule has 0 spiro atoms. The Bertz CT molecular complexity index is 553. The molecular weight excluding hydrogens is 264 g/mol. The first kappa shape index (κ1) is 15.7. The molecule has 19 heavy (non-hydrogen) atoms. The molecule has 3 N–H and O–H groups in total. The van der Waals surface area contributed by atoms with Crippen molar-refractivity contribution in [2.75, 3.05) is 11.6 Å². The number of nitrogens with one attached hydrogen (secondary N) is 1. The summed E-state index contributed by atoms with van der Waals surface area (Å²) in [6.45, 7) is 3.97. The topological polar surface area (TPSA) is 89.3 Å². The second-order valence-electron chi connectivity index (χ2n) is 5.03. The Morgan fingerprint density at radius 1 is 1.37 bits per heavy atom. The van der Waals surface area contributed by atoms with E-state index in [1.54, 1.807) is 12.1 Å². The third-order valence-corrected chi connectivity index (χ3v) is 3.70. The molecular formula is C13H20N2O3S. The van der Waals surface area contributed by atoms with Crippen molar-refractivity contribution in [2.45, 2.75) is 31.2 Å². The van der Waals surface area contributed by atoms with Gasteiger partial charge in [0.1, 0.15) is 0 Å². The molecule has 106 valence electrons. The lowest BCUT2D eigenvalue weighted by atomic mass is 10.0. The zero-order chi connectivity index (χ0) is 14.6. The van der Waals surface area contributed by atoms with Crippen LogP contribution in [0.4, 0.5) is 5.69 Å². The number of hydrogen-bond donors (Lipinski definition) is 2. The maximum atomic E-state index is 11.8. The SMILES string of the molecule is CC(C)CC(N)C(=O)Nc1cccc(S(C)(=O)=O)c1. The lowest BCUT2D eigenvalue weighted by Crippen LogP contribution is -2.36. The number of amides is 1. The average Bonchev–Trinajstić information content (AvgIpc) is 2.27. The van der Waals surface area contributed by atoms with E-state index in [9.17, 15) is 13.2 Å². The van der Waals surface area contributed by atoms with Gasteiger partial charge in [0.05, 0.1) is 10.9 Å². The van der Waals surface area contributed by atoms with Crippen molar-refractivity contribution in [3.63, 3.8) is 0 Å². The number of carbonyl (C=O) groups excluding carboxylic acids is 1. The lowest BCUT2D eigenvalue weighted by Gasteiger charge is -2.14. The average molecular weight is 284 g/mol. The predicted octanol–water partition coefficient (Wildman–Crippen LogP) is 1.40. The van der Waals surface area contributed by atoms with Gasteiger partial charge in [0.2, 0.25) is 5.91 Å². The summed E-state index contributed by atoms with van der Waals surface area (Å²) in [5.41, 5.74) is 6.20. The number of carbonyl (C=O) groups is 1. The molecule has 0 fully saturated rings. The molecule has 0 saturated carbocycles. The summed E-state index contributed by atoms with van der Waals surface area (Å²) < 4.78 is 22.8. The first-order valence-electron chi connectivity index (χ1n) is 6.06. The van der Waals surface area contributed by atoms with Gasteiger partial charge in [0.25, 0.3) is 0 Å². The van der Waals surface area contributed by atoms with Crippen molar-refractivity contribution >= 4 is 21.4 Å². The molecule has 0 aromatic heterocycles. The summed E-state index contributed by atoms with van der Waals surface area (Å²) in [4.78, 5) is 12.0. The van der Waals surface area contributed by atoms with Gasteiger partial charge in [-0.15, -0.1) is 0 Å².